The highest BCUT2D eigenvalue weighted by Gasteiger charge is 2.32. The Labute approximate surface area is 192 Å². The van der Waals surface area contributed by atoms with Crippen molar-refractivity contribution in [1.29, 1.82) is 0 Å². The maximum atomic E-state index is 13.1. The van der Waals surface area contributed by atoms with Gasteiger partial charge in [-0.1, -0.05) is 0 Å². The van der Waals surface area contributed by atoms with Crippen molar-refractivity contribution in [3.8, 4) is 10.6 Å². The van der Waals surface area contributed by atoms with Gasteiger partial charge in [0.1, 0.15) is 15.8 Å². The first-order valence-electron chi connectivity index (χ1n) is 9.78. The quantitative estimate of drug-likeness (QED) is 0.523. The summed E-state index contributed by atoms with van der Waals surface area (Å²) in [6.45, 7) is 1.85. The molecule has 0 saturated heterocycles. The minimum absolute atomic E-state index is 0.0270. The number of ether oxygens (including phenoxy) is 1. The molecule has 4 rings (SSSR count). The van der Waals surface area contributed by atoms with Gasteiger partial charge in [0.2, 0.25) is 5.91 Å². The van der Waals surface area contributed by atoms with Gasteiger partial charge in [-0.05, 0) is 43.2 Å². The van der Waals surface area contributed by atoms with E-state index in [-0.39, 0.29) is 48.2 Å². The summed E-state index contributed by atoms with van der Waals surface area (Å²) in [7, 11) is -3.23. The summed E-state index contributed by atoms with van der Waals surface area (Å²) in [5, 5.41) is 5.44. The van der Waals surface area contributed by atoms with E-state index in [9.17, 15) is 22.4 Å². The van der Waals surface area contributed by atoms with Crippen LogP contribution < -0.4 is 5.32 Å². The average Bonchev–Trinajstić information content (AvgIpc) is 3.31. The Kier molecular flexibility index (Phi) is 6.40. The molecule has 0 bridgehead atoms. The molecular formula is C21H19FN2O5S3. The van der Waals surface area contributed by atoms with E-state index < -0.39 is 15.8 Å². The summed E-state index contributed by atoms with van der Waals surface area (Å²) in [6, 6.07) is 5.93. The Hall–Kier alpha value is -2.63. The molecule has 0 unspecified atom stereocenters. The van der Waals surface area contributed by atoms with Crippen molar-refractivity contribution in [3.05, 3.63) is 57.2 Å². The molecule has 7 nitrogen and oxygen atoms in total. The van der Waals surface area contributed by atoms with E-state index in [2.05, 4.69) is 10.3 Å². The van der Waals surface area contributed by atoms with E-state index in [1.807, 2.05) is 0 Å². The molecule has 3 aromatic rings. The van der Waals surface area contributed by atoms with E-state index >= 15 is 0 Å². The van der Waals surface area contributed by atoms with Crippen LogP contribution in [0.1, 0.15) is 33.4 Å². The van der Waals surface area contributed by atoms with Crippen LogP contribution in [-0.2, 0) is 38.0 Å². The largest absolute Gasteiger partial charge is 0.462 e. The van der Waals surface area contributed by atoms with Crippen LogP contribution in [0.25, 0.3) is 10.6 Å². The van der Waals surface area contributed by atoms with Crippen LogP contribution in [0.4, 0.5) is 9.39 Å². The number of thiazole rings is 1. The number of nitrogens with zero attached hydrogens (tertiary/aromatic N) is 1. The Morgan fingerprint density at radius 3 is 2.72 bits per heavy atom. The zero-order chi connectivity index (χ0) is 22.9. The van der Waals surface area contributed by atoms with Crippen molar-refractivity contribution < 1.29 is 27.1 Å². The third-order valence-corrected chi connectivity index (χ3v) is 8.65. The zero-order valence-corrected chi connectivity index (χ0v) is 19.5. The number of thiophene rings is 1. The molecule has 1 aliphatic rings. The fraction of sp³-hybridized carbons (Fsp3) is 0.286. The van der Waals surface area contributed by atoms with Crippen molar-refractivity contribution >= 4 is 49.4 Å². The second-order valence-corrected chi connectivity index (χ2v) is 11.3. The maximum absolute atomic E-state index is 13.1. The first-order chi connectivity index (χ1) is 15.3. The molecule has 0 aliphatic carbocycles. The highest BCUT2D eigenvalue weighted by Crippen LogP contribution is 2.38. The van der Waals surface area contributed by atoms with E-state index in [4.69, 9.17) is 4.74 Å². The Morgan fingerprint density at radius 1 is 1.25 bits per heavy atom. The molecule has 32 heavy (non-hydrogen) atoms. The van der Waals surface area contributed by atoms with Gasteiger partial charge >= 0.3 is 5.97 Å². The molecule has 1 N–H and O–H groups in total. The van der Waals surface area contributed by atoms with Crippen molar-refractivity contribution in [2.45, 2.75) is 25.5 Å². The third-order valence-electron chi connectivity index (χ3n) is 4.82. The van der Waals surface area contributed by atoms with Gasteiger partial charge in [-0.2, -0.15) is 0 Å². The molecule has 0 spiro atoms. The second-order valence-electron chi connectivity index (χ2n) is 7.15. The predicted molar refractivity (Wildman–Crippen MR) is 121 cm³/mol. The van der Waals surface area contributed by atoms with Gasteiger partial charge < -0.3 is 10.1 Å². The van der Waals surface area contributed by atoms with Crippen LogP contribution in [0.2, 0.25) is 0 Å². The Morgan fingerprint density at radius 2 is 2.00 bits per heavy atom. The molecule has 11 heteroatoms. The lowest BCUT2D eigenvalue weighted by atomic mass is 10.1. The lowest BCUT2D eigenvalue weighted by molar-refractivity contribution is -0.115. The number of nitrogens with one attached hydrogen (secondary N) is 1. The zero-order valence-electron chi connectivity index (χ0n) is 17.0. The van der Waals surface area contributed by atoms with E-state index in [0.29, 0.717) is 26.1 Å². The number of hydrogen-bond acceptors (Lipinski definition) is 8. The van der Waals surface area contributed by atoms with Crippen molar-refractivity contribution in [2.24, 2.45) is 0 Å². The molecule has 1 aliphatic heterocycles. The molecule has 2 aromatic heterocycles. The number of amides is 1. The number of anilines is 1. The summed E-state index contributed by atoms with van der Waals surface area (Å²) in [6.07, 6.45) is 0.187. The summed E-state index contributed by atoms with van der Waals surface area (Å²) < 4.78 is 42.3. The number of aromatic nitrogens is 1. The normalized spacial score (nSPS) is 14.6. The van der Waals surface area contributed by atoms with Crippen molar-refractivity contribution in [3.63, 3.8) is 0 Å². The number of carbonyl (C=O) groups is 2. The van der Waals surface area contributed by atoms with E-state index in [1.165, 1.54) is 23.5 Å². The standard InChI is InChI=1S/C21H19FN2O5S3/c1-2-29-21(26)18-15-7-8-32(27,28)11-16(15)31-20(18)24-17(25)9-14-10-30-19(23-14)12-3-5-13(22)6-4-12/h3-6,10H,2,7-9,11H2,1H3,(H,24,25). The first kappa shape index (κ1) is 22.6. The fourth-order valence-corrected chi connectivity index (χ4v) is 7.26. The number of carbonyl (C=O) groups excluding carboxylic acids is 2. The van der Waals surface area contributed by atoms with Gasteiger partial charge in [-0.25, -0.2) is 22.6 Å². The van der Waals surface area contributed by atoms with Gasteiger partial charge in [0.25, 0.3) is 0 Å². The SMILES string of the molecule is CCOC(=O)c1c(NC(=O)Cc2csc(-c3ccc(F)cc3)n2)sc2c1CCS(=O)(=O)C2. The summed E-state index contributed by atoms with van der Waals surface area (Å²) >= 11 is 2.44. The van der Waals surface area contributed by atoms with Crippen molar-refractivity contribution in [2.75, 3.05) is 17.7 Å². The van der Waals surface area contributed by atoms with Crippen LogP contribution in [-0.4, -0.2) is 37.6 Å². The lowest BCUT2D eigenvalue weighted by Gasteiger charge is -2.13. The number of fused-ring (bicyclic) bond motifs is 1. The molecule has 3 heterocycles. The molecule has 0 saturated carbocycles. The summed E-state index contributed by atoms with van der Waals surface area (Å²) in [5.74, 6) is -1.49. The molecule has 1 amide bonds. The van der Waals surface area contributed by atoms with Crippen LogP contribution in [0.15, 0.2) is 29.6 Å². The Balaban J connectivity index is 1.54. The van der Waals surface area contributed by atoms with Gasteiger partial charge in [0.15, 0.2) is 9.84 Å². The highest BCUT2D eigenvalue weighted by atomic mass is 32.2. The number of rotatable bonds is 6. The molecule has 0 radical (unpaired) electrons. The highest BCUT2D eigenvalue weighted by molar-refractivity contribution is 7.90. The third kappa shape index (κ3) is 4.89. The minimum atomic E-state index is -3.23. The second kappa shape index (κ2) is 9.08. The van der Waals surface area contributed by atoms with Crippen LogP contribution in [0, 0.1) is 5.82 Å². The molecule has 0 fully saturated rings. The van der Waals surface area contributed by atoms with E-state index in [0.717, 1.165) is 16.9 Å². The number of halogens is 1. The summed E-state index contributed by atoms with van der Waals surface area (Å²) in [5.41, 5.74) is 2.15. The van der Waals surface area contributed by atoms with Gasteiger partial charge in [0, 0.05) is 15.8 Å². The van der Waals surface area contributed by atoms with Gasteiger partial charge in [-0.15, -0.1) is 22.7 Å². The van der Waals surface area contributed by atoms with E-state index in [1.54, 1.807) is 24.4 Å². The Bertz CT molecular complexity index is 1280. The smallest absolute Gasteiger partial charge is 0.341 e. The van der Waals surface area contributed by atoms with Crippen molar-refractivity contribution in [1.82, 2.24) is 4.98 Å². The topological polar surface area (TPSA) is 102 Å². The molecule has 1 aromatic carbocycles. The monoisotopic (exact) mass is 494 g/mol. The van der Waals surface area contributed by atoms with Gasteiger partial charge in [-0.3, -0.25) is 4.79 Å². The first-order valence-corrected chi connectivity index (χ1v) is 13.3. The van der Waals surface area contributed by atoms with Crippen LogP contribution in [0.5, 0.6) is 0 Å². The number of benzene rings is 1. The molecular weight excluding hydrogens is 475 g/mol. The maximum Gasteiger partial charge on any atom is 0.341 e. The number of sulfone groups is 1. The number of hydrogen-bond donors (Lipinski definition) is 1. The van der Waals surface area contributed by atoms with Crippen LogP contribution in [0.3, 0.4) is 0 Å². The summed E-state index contributed by atoms with van der Waals surface area (Å²) in [4.78, 5) is 30.2. The van der Waals surface area contributed by atoms with Crippen LogP contribution >= 0.6 is 22.7 Å². The lowest BCUT2D eigenvalue weighted by Crippen LogP contribution is -2.20. The predicted octanol–water partition coefficient (Wildman–Crippen LogP) is 3.84. The average molecular weight is 495 g/mol. The fourth-order valence-electron chi connectivity index (χ4n) is 3.38. The molecule has 168 valence electrons. The van der Waals surface area contributed by atoms with Gasteiger partial charge in [0.05, 0.1) is 35.8 Å². The number of esters is 1. The minimum Gasteiger partial charge on any atom is -0.462 e. The molecule has 0 atom stereocenters.